The molecule has 1 unspecified atom stereocenters. The van der Waals surface area contributed by atoms with Crippen molar-refractivity contribution in [2.24, 2.45) is 5.92 Å². The van der Waals surface area contributed by atoms with Crippen LogP contribution in [-0.2, 0) is 19.6 Å². The molecule has 0 heterocycles. The maximum absolute atomic E-state index is 11.9. The number of carbonyl (C=O) groups is 1. The molecule has 0 aliphatic carbocycles. The van der Waals surface area contributed by atoms with Crippen molar-refractivity contribution in [3.63, 3.8) is 0 Å². The average molecular weight is 335 g/mol. The Balaban J connectivity index is 2.64. The minimum absolute atomic E-state index is 0.0370. The Morgan fingerprint density at radius 2 is 1.86 bits per heavy atom. The van der Waals surface area contributed by atoms with Crippen LogP contribution in [0.5, 0.6) is 0 Å². The number of hydrogen-bond acceptors (Lipinski definition) is 4. The molecule has 118 valence electrons. The molecule has 0 saturated carbocycles. The molecular weight excluding hydrogens is 316 g/mol. The molecule has 6 nitrogen and oxygen atoms in total. The van der Waals surface area contributed by atoms with Gasteiger partial charge in [-0.2, -0.15) is 0 Å². The van der Waals surface area contributed by atoms with E-state index < -0.39 is 10.0 Å². The van der Waals surface area contributed by atoms with E-state index in [1.165, 1.54) is 7.11 Å². The third kappa shape index (κ3) is 6.79. The lowest BCUT2D eigenvalue weighted by Crippen LogP contribution is -2.22. The van der Waals surface area contributed by atoms with Crippen molar-refractivity contribution in [3.8, 4) is 0 Å². The summed E-state index contributed by atoms with van der Waals surface area (Å²) in [5.41, 5.74) is 0.996. The fourth-order valence-electron chi connectivity index (χ4n) is 1.59. The minimum atomic E-state index is -3.43. The predicted octanol–water partition coefficient (Wildman–Crippen LogP) is 1.89. The summed E-state index contributed by atoms with van der Waals surface area (Å²) in [6.07, 6.45) is 0. The zero-order valence-corrected chi connectivity index (χ0v) is 13.5. The Labute approximate surface area is 129 Å². The second-order valence-electron chi connectivity index (χ2n) is 4.70. The van der Waals surface area contributed by atoms with Crippen LogP contribution in [0.2, 0.25) is 0 Å². The molecule has 21 heavy (non-hydrogen) atoms. The highest BCUT2D eigenvalue weighted by molar-refractivity contribution is 7.92. The second-order valence-corrected chi connectivity index (χ2v) is 6.78. The first-order valence-corrected chi connectivity index (χ1v) is 8.50. The van der Waals surface area contributed by atoms with Crippen LogP contribution in [-0.4, -0.2) is 39.7 Å². The molecule has 1 atom stereocenters. The van der Waals surface area contributed by atoms with Crippen molar-refractivity contribution in [2.75, 3.05) is 35.4 Å². The number of hydrogen-bond donors (Lipinski definition) is 2. The van der Waals surface area contributed by atoms with Gasteiger partial charge < -0.3 is 10.1 Å². The Bertz CT molecular complexity index is 560. The molecular formula is C13H19ClN2O4S. The molecule has 1 amide bonds. The average Bonchev–Trinajstić information content (AvgIpc) is 2.40. The summed E-state index contributed by atoms with van der Waals surface area (Å²) >= 11 is 5.61. The Morgan fingerprint density at radius 3 is 2.38 bits per heavy atom. The molecule has 0 aliphatic heterocycles. The molecule has 1 rings (SSSR count). The molecule has 1 aromatic rings. The fraction of sp³-hybridized carbons (Fsp3) is 0.462. The van der Waals surface area contributed by atoms with E-state index in [2.05, 4.69) is 10.0 Å². The van der Waals surface area contributed by atoms with Crippen molar-refractivity contribution >= 4 is 38.9 Å². The van der Waals surface area contributed by atoms with Crippen LogP contribution >= 0.6 is 11.6 Å². The first-order valence-electron chi connectivity index (χ1n) is 6.31. The number of amides is 1. The zero-order valence-electron chi connectivity index (χ0n) is 11.9. The highest BCUT2D eigenvalue weighted by atomic mass is 35.5. The Morgan fingerprint density at radius 1 is 1.29 bits per heavy atom. The number of carbonyl (C=O) groups excluding carboxylic acids is 1. The van der Waals surface area contributed by atoms with Crippen LogP contribution in [0.25, 0.3) is 0 Å². The van der Waals surface area contributed by atoms with E-state index in [0.29, 0.717) is 11.4 Å². The molecule has 0 radical (unpaired) electrons. The maximum Gasteiger partial charge on any atom is 0.250 e. The fourth-order valence-corrected chi connectivity index (χ4v) is 3.27. The number of nitrogens with one attached hydrogen (secondary N) is 2. The number of ether oxygens (including phenoxy) is 1. The topological polar surface area (TPSA) is 84.5 Å². The van der Waals surface area contributed by atoms with Gasteiger partial charge in [0.15, 0.2) is 0 Å². The van der Waals surface area contributed by atoms with Gasteiger partial charge in [0.1, 0.15) is 6.61 Å². The van der Waals surface area contributed by atoms with E-state index in [1.54, 1.807) is 31.2 Å². The first kappa shape index (κ1) is 17.7. The van der Waals surface area contributed by atoms with Gasteiger partial charge in [0, 0.05) is 24.4 Å². The number of anilines is 2. The zero-order chi connectivity index (χ0) is 15.9. The SMILES string of the molecule is COCC(=O)Nc1ccc(NS(=O)(=O)CC(C)CCl)cc1. The van der Waals surface area contributed by atoms with Crippen molar-refractivity contribution in [3.05, 3.63) is 24.3 Å². The number of sulfonamides is 1. The third-order valence-electron chi connectivity index (χ3n) is 2.48. The van der Waals surface area contributed by atoms with Gasteiger partial charge in [-0.15, -0.1) is 11.6 Å². The van der Waals surface area contributed by atoms with E-state index >= 15 is 0 Å². The van der Waals surface area contributed by atoms with E-state index in [4.69, 9.17) is 16.3 Å². The van der Waals surface area contributed by atoms with E-state index in [0.717, 1.165) is 0 Å². The highest BCUT2D eigenvalue weighted by Gasteiger charge is 2.15. The minimum Gasteiger partial charge on any atom is -0.375 e. The second kappa shape index (κ2) is 8.21. The maximum atomic E-state index is 11.9. The lowest BCUT2D eigenvalue weighted by atomic mass is 10.3. The van der Waals surface area contributed by atoms with Crippen LogP contribution in [0.3, 0.4) is 0 Å². The van der Waals surface area contributed by atoms with Gasteiger partial charge in [0.05, 0.1) is 5.75 Å². The molecule has 0 aliphatic rings. The molecule has 0 saturated heterocycles. The number of alkyl halides is 1. The van der Waals surface area contributed by atoms with Crippen molar-refractivity contribution in [1.82, 2.24) is 0 Å². The van der Waals surface area contributed by atoms with Gasteiger partial charge in [-0.05, 0) is 30.2 Å². The van der Waals surface area contributed by atoms with Gasteiger partial charge in [-0.25, -0.2) is 8.42 Å². The summed E-state index contributed by atoms with van der Waals surface area (Å²) in [4.78, 5) is 11.3. The molecule has 0 spiro atoms. The first-order chi connectivity index (χ1) is 9.86. The van der Waals surface area contributed by atoms with E-state index in [-0.39, 0.29) is 30.1 Å². The van der Waals surface area contributed by atoms with Crippen LogP contribution in [0, 0.1) is 5.92 Å². The quantitative estimate of drug-likeness (QED) is 0.711. The summed E-state index contributed by atoms with van der Waals surface area (Å²) in [6, 6.07) is 6.36. The number of methoxy groups -OCH3 is 1. The summed E-state index contributed by atoms with van der Waals surface area (Å²) in [6.45, 7) is 1.73. The van der Waals surface area contributed by atoms with Gasteiger partial charge in [0.25, 0.3) is 0 Å². The molecule has 0 bridgehead atoms. The van der Waals surface area contributed by atoms with E-state index in [1.807, 2.05) is 0 Å². The van der Waals surface area contributed by atoms with Crippen molar-refractivity contribution in [2.45, 2.75) is 6.92 Å². The third-order valence-corrected chi connectivity index (χ3v) is 4.57. The van der Waals surface area contributed by atoms with Crippen molar-refractivity contribution < 1.29 is 17.9 Å². The molecule has 2 N–H and O–H groups in total. The van der Waals surface area contributed by atoms with Crippen LogP contribution in [0.1, 0.15) is 6.92 Å². The standard InChI is InChI=1S/C13H19ClN2O4S/c1-10(7-14)9-21(18,19)16-12-5-3-11(4-6-12)15-13(17)8-20-2/h3-6,10,16H,7-9H2,1-2H3,(H,15,17). The van der Waals surface area contributed by atoms with Crippen molar-refractivity contribution in [1.29, 1.82) is 0 Å². The lowest BCUT2D eigenvalue weighted by molar-refractivity contribution is -0.119. The van der Waals surface area contributed by atoms with Crippen LogP contribution in [0.15, 0.2) is 24.3 Å². The van der Waals surface area contributed by atoms with Gasteiger partial charge in [0.2, 0.25) is 15.9 Å². The monoisotopic (exact) mass is 334 g/mol. The van der Waals surface area contributed by atoms with Crippen LogP contribution < -0.4 is 10.0 Å². The predicted molar refractivity (Wildman–Crippen MR) is 84.2 cm³/mol. The summed E-state index contributed by atoms with van der Waals surface area (Å²) in [5, 5.41) is 2.62. The number of halogens is 1. The highest BCUT2D eigenvalue weighted by Crippen LogP contribution is 2.16. The molecule has 1 aromatic carbocycles. The molecule has 0 aromatic heterocycles. The lowest BCUT2D eigenvalue weighted by Gasteiger charge is -2.11. The number of rotatable bonds is 8. The van der Waals surface area contributed by atoms with E-state index in [9.17, 15) is 13.2 Å². The molecule has 8 heteroatoms. The Hall–Kier alpha value is -1.31. The normalized spacial score (nSPS) is 12.7. The summed E-state index contributed by atoms with van der Waals surface area (Å²) < 4.78 is 30.9. The van der Waals surface area contributed by atoms with Crippen LogP contribution in [0.4, 0.5) is 11.4 Å². The number of benzene rings is 1. The van der Waals surface area contributed by atoms with Gasteiger partial charge in [-0.3, -0.25) is 9.52 Å². The Kier molecular flexibility index (Phi) is 6.94. The largest absolute Gasteiger partial charge is 0.375 e. The summed E-state index contributed by atoms with van der Waals surface area (Å²) in [5.74, 6) is -0.160. The van der Waals surface area contributed by atoms with Gasteiger partial charge in [-0.1, -0.05) is 6.92 Å². The van der Waals surface area contributed by atoms with Gasteiger partial charge >= 0.3 is 0 Å². The smallest absolute Gasteiger partial charge is 0.250 e. The molecule has 0 fully saturated rings. The summed E-state index contributed by atoms with van der Waals surface area (Å²) in [7, 11) is -2.00.